The molecule has 0 saturated carbocycles. The Morgan fingerprint density at radius 3 is 1.76 bits per heavy atom. The minimum absolute atomic E-state index is 0.184. The average Bonchev–Trinajstić information content (AvgIpc) is 2.87. The number of hydrogen-bond donors (Lipinski definition) is 0. The molecule has 0 aromatic heterocycles. The topological polar surface area (TPSA) is 141 Å². The van der Waals surface area contributed by atoms with Gasteiger partial charge in [-0.05, 0) is 16.7 Å². The molecule has 0 aliphatic carbocycles. The van der Waals surface area contributed by atoms with E-state index in [1.807, 2.05) is 42.5 Å². The van der Waals surface area contributed by atoms with E-state index in [0.717, 1.165) is 39.0 Å². The van der Waals surface area contributed by atoms with Crippen molar-refractivity contribution in [1.29, 1.82) is 0 Å². The molecule has 0 radical (unpaired) electrons. The van der Waals surface area contributed by atoms with E-state index < -0.39 is 60.6 Å². The lowest BCUT2D eigenvalue weighted by atomic mass is 9.97. The second kappa shape index (κ2) is 12.8. The maximum atomic E-state index is 12.8. The van der Waals surface area contributed by atoms with Crippen molar-refractivity contribution in [2.45, 2.75) is 57.9 Å². The van der Waals surface area contributed by atoms with E-state index >= 15 is 0 Å². The smallest absolute Gasteiger partial charge is 0.339 e. The van der Waals surface area contributed by atoms with Crippen LogP contribution in [0, 0.1) is 0 Å². The van der Waals surface area contributed by atoms with Crippen LogP contribution < -0.4 is 0 Å². The molecular weight excluding hydrogens is 500 g/mol. The van der Waals surface area contributed by atoms with Gasteiger partial charge in [-0.25, -0.2) is 4.79 Å². The molecule has 11 heteroatoms. The summed E-state index contributed by atoms with van der Waals surface area (Å²) in [4.78, 5) is 60.8. The van der Waals surface area contributed by atoms with Gasteiger partial charge in [0.25, 0.3) is 0 Å². The Bertz CT molecular complexity index is 1160. The fraction of sp³-hybridized carbons (Fsp3) is 0.370. The number of carbonyl (C=O) groups excluding carboxylic acids is 5. The molecule has 11 nitrogen and oxygen atoms in total. The van der Waals surface area contributed by atoms with Gasteiger partial charge < -0.3 is 28.4 Å². The van der Waals surface area contributed by atoms with Crippen LogP contribution >= 0.6 is 0 Å². The first kappa shape index (κ1) is 28.3. The maximum absolute atomic E-state index is 12.8. The van der Waals surface area contributed by atoms with Crippen molar-refractivity contribution >= 4 is 29.8 Å². The second-order valence-electron chi connectivity index (χ2n) is 8.40. The summed E-state index contributed by atoms with van der Waals surface area (Å²) in [5, 5.41) is 0. The highest BCUT2D eigenvalue weighted by atomic mass is 16.7. The first-order chi connectivity index (χ1) is 18.1. The minimum atomic E-state index is -1.68. The SMILES string of the molecule is COC(=O)[C@H]1O[C@@H](OC(=O)Cc2ccc(-c3ccccc3)cc2)[C@H](OC(C)=O)[C@@H](OC(C)=O)[C@@H]1OC(C)=O. The fourth-order valence-corrected chi connectivity index (χ4v) is 3.96. The molecule has 0 N–H and O–H groups in total. The van der Waals surface area contributed by atoms with Crippen molar-refractivity contribution < 1.29 is 52.4 Å². The van der Waals surface area contributed by atoms with Gasteiger partial charge in [-0.2, -0.15) is 0 Å². The van der Waals surface area contributed by atoms with Gasteiger partial charge in [0.2, 0.25) is 12.4 Å². The molecule has 0 spiro atoms. The number of benzene rings is 2. The van der Waals surface area contributed by atoms with Crippen molar-refractivity contribution in [3.63, 3.8) is 0 Å². The summed E-state index contributed by atoms with van der Waals surface area (Å²) in [6.07, 6.45) is -8.16. The zero-order valence-electron chi connectivity index (χ0n) is 21.3. The average molecular weight is 529 g/mol. The molecule has 3 rings (SSSR count). The number of carbonyl (C=O) groups is 5. The summed E-state index contributed by atoms with van der Waals surface area (Å²) in [7, 11) is 1.07. The Morgan fingerprint density at radius 1 is 0.684 bits per heavy atom. The molecule has 0 amide bonds. The molecule has 5 atom stereocenters. The Hall–Kier alpha value is -4.25. The zero-order chi connectivity index (χ0) is 27.8. The van der Waals surface area contributed by atoms with Crippen molar-refractivity contribution in [1.82, 2.24) is 0 Å². The fourth-order valence-electron chi connectivity index (χ4n) is 3.96. The van der Waals surface area contributed by atoms with Crippen LogP contribution in [0.1, 0.15) is 26.3 Å². The molecule has 1 heterocycles. The first-order valence-electron chi connectivity index (χ1n) is 11.7. The lowest BCUT2D eigenvalue weighted by Crippen LogP contribution is -2.64. The zero-order valence-corrected chi connectivity index (χ0v) is 21.3. The number of rotatable bonds is 8. The largest absolute Gasteiger partial charge is 0.467 e. The Kier molecular flexibility index (Phi) is 9.55. The van der Waals surface area contributed by atoms with Gasteiger partial charge in [0, 0.05) is 20.8 Å². The van der Waals surface area contributed by atoms with Crippen LogP contribution in [0.5, 0.6) is 0 Å². The predicted octanol–water partition coefficient (Wildman–Crippen LogP) is 2.13. The Balaban J connectivity index is 1.84. The maximum Gasteiger partial charge on any atom is 0.339 e. The predicted molar refractivity (Wildman–Crippen MR) is 129 cm³/mol. The molecule has 2 aromatic rings. The van der Waals surface area contributed by atoms with E-state index in [2.05, 4.69) is 0 Å². The van der Waals surface area contributed by atoms with Crippen LogP contribution in [-0.4, -0.2) is 67.7 Å². The number of methoxy groups -OCH3 is 1. The van der Waals surface area contributed by atoms with Crippen LogP contribution in [-0.2, 0) is 58.8 Å². The molecule has 1 aliphatic heterocycles. The standard InChI is InChI=1S/C27H28O11/c1-15(28)34-22-23(35-16(2)29)25(36-17(3)30)27(38-24(22)26(32)33-4)37-21(31)14-18-10-12-20(13-11-18)19-8-6-5-7-9-19/h5-13,22-25,27H,14H2,1-4H3/t22-,23-,24-,25+,27+/m0/s1. The van der Waals surface area contributed by atoms with E-state index in [-0.39, 0.29) is 6.42 Å². The van der Waals surface area contributed by atoms with Gasteiger partial charge in [-0.15, -0.1) is 0 Å². The summed E-state index contributed by atoms with van der Waals surface area (Å²) in [5.74, 6) is -4.27. The number of hydrogen-bond acceptors (Lipinski definition) is 11. The van der Waals surface area contributed by atoms with E-state index in [1.165, 1.54) is 0 Å². The summed E-state index contributed by atoms with van der Waals surface area (Å²) >= 11 is 0. The second-order valence-corrected chi connectivity index (χ2v) is 8.40. The quantitative estimate of drug-likeness (QED) is 0.367. The van der Waals surface area contributed by atoms with Crippen molar-refractivity contribution in [2.24, 2.45) is 0 Å². The highest BCUT2D eigenvalue weighted by Gasteiger charge is 2.56. The van der Waals surface area contributed by atoms with Gasteiger partial charge in [0.05, 0.1) is 13.5 Å². The summed E-state index contributed by atoms with van der Waals surface area (Å²) < 4.78 is 31.4. The summed E-state index contributed by atoms with van der Waals surface area (Å²) in [6.45, 7) is 3.21. The van der Waals surface area contributed by atoms with Crippen molar-refractivity contribution in [3.8, 4) is 11.1 Å². The monoisotopic (exact) mass is 528 g/mol. The Labute approximate surface area is 218 Å². The third-order valence-corrected chi connectivity index (χ3v) is 5.49. The normalized spacial score (nSPS) is 22.5. The van der Waals surface area contributed by atoms with Crippen LogP contribution in [0.15, 0.2) is 54.6 Å². The molecule has 0 bridgehead atoms. The number of esters is 5. The van der Waals surface area contributed by atoms with Gasteiger partial charge in [-0.3, -0.25) is 19.2 Å². The van der Waals surface area contributed by atoms with Crippen LogP contribution in [0.2, 0.25) is 0 Å². The van der Waals surface area contributed by atoms with Gasteiger partial charge >= 0.3 is 29.8 Å². The molecular formula is C27H28O11. The lowest BCUT2D eigenvalue weighted by molar-refractivity contribution is -0.294. The Morgan fingerprint density at radius 2 is 1.21 bits per heavy atom. The van der Waals surface area contributed by atoms with E-state index in [4.69, 9.17) is 28.4 Å². The van der Waals surface area contributed by atoms with Gasteiger partial charge in [0.1, 0.15) is 0 Å². The van der Waals surface area contributed by atoms with E-state index in [0.29, 0.717) is 5.56 Å². The van der Waals surface area contributed by atoms with Gasteiger partial charge in [-0.1, -0.05) is 54.6 Å². The van der Waals surface area contributed by atoms with Crippen LogP contribution in [0.25, 0.3) is 11.1 Å². The molecule has 0 unspecified atom stereocenters. The molecule has 1 saturated heterocycles. The molecule has 2 aromatic carbocycles. The first-order valence-corrected chi connectivity index (χ1v) is 11.7. The van der Waals surface area contributed by atoms with E-state index in [9.17, 15) is 24.0 Å². The highest BCUT2D eigenvalue weighted by molar-refractivity contribution is 5.78. The molecule has 202 valence electrons. The van der Waals surface area contributed by atoms with Crippen molar-refractivity contribution in [2.75, 3.05) is 7.11 Å². The molecule has 1 fully saturated rings. The minimum Gasteiger partial charge on any atom is -0.467 e. The summed E-state index contributed by atoms with van der Waals surface area (Å²) in [5.41, 5.74) is 2.58. The van der Waals surface area contributed by atoms with Crippen LogP contribution in [0.4, 0.5) is 0 Å². The molecule has 38 heavy (non-hydrogen) atoms. The summed E-state index contributed by atoms with van der Waals surface area (Å²) in [6, 6.07) is 16.9. The van der Waals surface area contributed by atoms with Gasteiger partial charge in [0.15, 0.2) is 18.3 Å². The van der Waals surface area contributed by atoms with Crippen molar-refractivity contribution in [3.05, 3.63) is 60.2 Å². The third kappa shape index (κ3) is 7.39. The highest BCUT2D eigenvalue weighted by Crippen LogP contribution is 2.30. The third-order valence-electron chi connectivity index (χ3n) is 5.49. The van der Waals surface area contributed by atoms with E-state index in [1.54, 1.807) is 12.1 Å². The van der Waals surface area contributed by atoms with Crippen LogP contribution in [0.3, 0.4) is 0 Å². The molecule has 1 aliphatic rings. The lowest BCUT2D eigenvalue weighted by Gasteiger charge is -2.42. The number of ether oxygens (including phenoxy) is 6.